The van der Waals surface area contributed by atoms with E-state index in [1.807, 2.05) is 12.1 Å². The van der Waals surface area contributed by atoms with E-state index in [2.05, 4.69) is 19.2 Å². The molecule has 0 bridgehead atoms. The first kappa shape index (κ1) is 14.3. The molecule has 0 fully saturated rings. The molecule has 0 aliphatic heterocycles. The smallest absolute Gasteiger partial charge is 0.142 e. The second-order valence-electron chi connectivity index (χ2n) is 4.32. The van der Waals surface area contributed by atoms with E-state index in [0.717, 1.165) is 18.7 Å². The Hall–Kier alpha value is -0.770. The van der Waals surface area contributed by atoms with Crippen LogP contribution in [0, 0.1) is 5.92 Å². The lowest BCUT2D eigenvalue weighted by Crippen LogP contribution is -2.19. The second-order valence-corrected chi connectivity index (χ2v) is 4.73. The first-order valence-corrected chi connectivity index (χ1v) is 6.24. The third-order valence-electron chi connectivity index (χ3n) is 2.25. The maximum absolute atomic E-state index is 8.77. The van der Waals surface area contributed by atoms with Crippen LogP contribution < -0.4 is 10.1 Å². The van der Waals surface area contributed by atoms with Gasteiger partial charge in [-0.3, -0.25) is 0 Å². The Kier molecular flexibility index (Phi) is 6.34. The molecule has 96 valence electrons. The highest BCUT2D eigenvalue weighted by molar-refractivity contribution is 6.32. The number of ether oxygens (including phenoxy) is 1. The third-order valence-corrected chi connectivity index (χ3v) is 2.55. The van der Waals surface area contributed by atoms with Crippen LogP contribution in [0.3, 0.4) is 0 Å². The van der Waals surface area contributed by atoms with Crippen molar-refractivity contribution in [3.05, 3.63) is 28.8 Å². The summed E-state index contributed by atoms with van der Waals surface area (Å²) < 4.78 is 5.45. The summed E-state index contributed by atoms with van der Waals surface area (Å²) in [6, 6.07) is 5.67. The van der Waals surface area contributed by atoms with Gasteiger partial charge in [-0.1, -0.05) is 37.6 Å². The van der Waals surface area contributed by atoms with Gasteiger partial charge in [0, 0.05) is 12.1 Å². The largest absolute Gasteiger partial charge is 0.489 e. The summed E-state index contributed by atoms with van der Waals surface area (Å²) in [4.78, 5) is 0. The number of hydrogen-bond acceptors (Lipinski definition) is 3. The third kappa shape index (κ3) is 4.94. The number of benzene rings is 1. The van der Waals surface area contributed by atoms with Gasteiger partial charge in [-0.05, 0) is 18.5 Å². The molecule has 0 aliphatic rings. The lowest BCUT2D eigenvalue weighted by atomic mass is 10.2. The van der Waals surface area contributed by atoms with Crippen LogP contribution in [0.15, 0.2) is 18.2 Å². The molecule has 0 aliphatic carbocycles. The van der Waals surface area contributed by atoms with Crippen molar-refractivity contribution < 1.29 is 9.84 Å². The maximum atomic E-state index is 8.77. The molecule has 0 radical (unpaired) electrons. The zero-order valence-corrected chi connectivity index (χ0v) is 11.1. The number of halogens is 1. The minimum Gasteiger partial charge on any atom is -0.489 e. The molecular weight excluding hydrogens is 238 g/mol. The van der Waals surface area contributed by atoms with E-state index in [1.165, 1.54) is 0 Å². The summed E-state index contributed by atoms with van der Waals surface area (Å²) >= 11 is 6.07. The fourth-order valence-corrected chi connectivity index (χ4v) is 1.75. The van der Waals surface area contributed by atoms with Crippen molar-refractivity contribution in [2.45, 2.75) is 20.4 Å². The molecule has 1 aromatic rings. The standard InChI is InChI=1S/C13H20ClNO2/c1-10(2)8-15-9-11-4-3-5-12(14)13(11)17-7-6-16/h3-5,10,15-16H,6-9H2,1-2H3. The van der Waals surface area contributed by atoms with Gasteiger partial charge in [-0.2, -0.15) is 0 Å². The first-order chi connectivity index (χ1) is 8.15. The maximum Gasteiger partial charge on any atom is 0.142 e. The summed E-state index contributed by atoms with van der Waals surface area (Å²) in [6.07, 6.45) is 0. The Bertz CT molecular complexity index is 342. The summed E-state index contributed by atoms with van der Waals surface area (Å²) in [7, 11) is 0. The summed E-state index contributed by atoms with van der Waals surface area (Å²) in [5, 5.41) is 12.7. The summed E-state index contributed by atoms with van der Waals surface area (Å²) in [6.45, 7) is 6.25. The highest BCUT2D eigenvalue weighted by Gasteiger charge is 2.08. The fraction of sp³-hybridized carbons (Fsp3) is 0.538. The van der Waals surface area contributed by atoms with Crippen molar-refractivity contribution in [1.29, 1.82) is 0 Å². The van der Waals surface area contributed by atoms with Crippen LogP contribution in [0.4, 0.5) is 0 Å². The quantitative estimate of drug-likeness (QED) is 0.789. The number of nitrogens with one attached hydrogen (secondary N) is 1. The van der Waals surface area contributed by atoms with Crippen molar-refractivity contribution in [3.8, 4) is 5.75 Å². The molecule has 0 unspecified atom stereocenters. The van der Waals surface area contributed by atoms with Gasteiger partial charge in [0.1, 0.15) is 12.4 Å². The number of rotatable bonds is 7. The van der Waals surface area contributed by atoms with E-state index in [0.29, 0.717) is 16.7 Å². The molecule has 2 N–H and O–H groups in total. The Morgan fingerprint density at radius 1 is 1.41 bits per heavy atom. The van der Waals surface area contributed by atoms with E-state index in [1.54, 1.807) is 6.07 Å². The van der Waals surface area contributed by atoms with Crippen molar-refractivity contribution >= 4 is 11.6 Å². The van der Waals surface area contributed by atoms with Crippen LogP contribution in [0.1, 0.15) is 19.4 Å². The highest BCUT2D eigenvalue weighted by Crippen LogP contribution is 2.28. The minimum atomic E-state index is -0.00984. The number of aliphatic hydroxyl groups excluding tert-OH is 1. The van der Waals surface area contributed by atoms with Crippen molar-refractivity contribution in [2.75, 3.05) is 19.8 Å². The Morgan fingerprint density at radius 3 is 2.82 bits per heavy atom. The molecule has 1 rings (SSSR count). The number of hydrogen-bond donors (Lipinski definition) is 2. The average molecular weight is 258 g/mol. The molecule has 0 saturated carbocycles. The molecule has 0 atom stereocenters. The van der Waals surface area contributed by atoms with Gasteiger partial charge in [0.25, 0.3) is 0 Å². The SMILES string of the molecule is CC(C)CNCc1cccc(Cl)c1OCCO. The fourth-order valence-electron chi connectivity index (χ4n) is 1.50. The molecular formula is C13H20ClNO2. The molecule has 17 heavy (non-hydrogen) atoms. The zero-order valence-electron chi connectivity index (χ0n) is 10.4. The Labute approximate surface area is 108 Å². The predicted octanol–water partition coefficient (Wildman–Crippen LogP) is 2.46. The van der Waals surface area contributed by atoms with Crippen LogP contribution in [0.2, 0.25) is 5.02 Å². The molecule has 0 spiro atoms. The molecule has 0 saturated heterocycles. The minimum absolute atomic E-state index is 0.00984. The highest BCUT2D eigenvalue weighted by atomic mass is 35.5. The molecule has 0 heterocycles. The van der Waals surface area contributed by atoms with Crippen molar-refractivity contribution in [1.82, 2.24) is 5.32 Å². The van der Waals surface area contributed by atoms with Gasteiger partial charge >= 0.3 is 0 Å². The van der Waals surface area contributed by atoms with Gasteiger partial charge in [0.2, 0.25) is 0 Å². The van der Waals surface area contributed by atoms with Crippen LogP contribution in [-0.2, 0) is 6.54 Å². The summed E-state index contributed by atoms with van der Waals surface area (Å²) in [5.41, 5.74) is 1.02. The number of para-hydroxylation sites is 1. The van der Waals surface area contributed by atoms with Crippen LogP contribution in [0.5, 0.6) is 5.75 Å². The van der Waals surface area contributed by atoms with E-state index in [9.17, 15) is 0 Å². The molecule has 3 nitrogen and oxygen atoms in total. The zero-order chi connectivity index (χ0) is 12.7. The first-order valence-electron chi connectivity index (χ1n) is 5.87. The van der Waals surface area contributed by atoms with Gasteiger partial charge in [0.15, 0.2) is 0 Å². The normalized spacial score (nSPS) is 10.9. The van der Waals surface area contributed by atoms with E-state index >= 15 is 0 Å². The van der Waals surface area contributed by atoms with E-state index in [-0.39, 0.29) is 13.2 Å². The average Bonchev–Trinajstić information content (AvgIpc) is 2.28. The monoisotopic (exact) mass is 257 g/mol. The van der Waals surface area contributed by atoms with E-state index in [4.69, 9.17) is 21.4 Å². The Balaban J connectivity index is 2.65. The van der Waals surface area contributed by atoms with Crippen LogP contribution >= 0.6 is 11.6 Å². The van der Waals surface area contributed by atoms with Crippen LogP contribution in [-0.4, -0.2) is 24.9 Å². The predicted molar refractivity (Wildman–Crippen MR) is 70.6 cm³/mol. The van der Waals surface area contributed by atoms with Crippen LogP contribution in [0.25, 0.3) is 0 Å². The molecule has 1 aromatic carbocycles. The number of aliphatic hydroxyl groups is 1. The summed E-state index contributed by atoms with van der Waals surface area (Å²) in [5.74, 6) is 1.27. The van der Waals surface area contributed by atoms with E-state index < -0.39 is 0 Å². The Morgan fingerprint density at radius 2 is 2.18 bits per heavy atom. The molecule has 4 heteroatoms. The van der Waals surface area contributed by atoms with Gasteiger partial charge in [-0.25, -0.2) is 0 Å². The molecule has 0 aromatic heterocycles. The topological polar surface area (TPSA) is 41.5 Å². The lowest BCUT2D eigenvalue weighted by molar-refractivity contribution is 0.200. The van der Waals surface area contributed by atoms with Crippen molar-refractivity contribution in [3.63, 3.8) is 0 Å². The second kappa shape index (κ2) is 7.54. The van der Waals surface area contributed by atoms with Crippen molar-refractivity contribution in [2.24, 2.45) is 5.92 Å². The van der Waals surface area contributed by atoms with Gasteiger partial charge < -0.3 is 15.2 Å². The lowest BCUT2D eigenvalue weighted by Gasteiger charge is -2.13. The van der Waals surface area contributed by atoms with Gasteiger partial charge in [-0.15, -0.1) is 0 Å². The van der Waals surface area contributed by atoms with Gasteiger partial charge in [0.05, 0.1) is 11.6 Å². The molecule has 0 amide bonds.